The maximum Gasteiger partial charge on any atom is 0.0125 e. The number of hydrogen-bond acceptors (Lipinski definition) is 1. The van der Waals surface area contributed by atoms with E-state index in [0.717, 1.165) is 0 Å². The smallest absolute Gasteiger partial charge is 0.0125 e. The molecule has 1 aliphatic heterocycles. The zero-order valence-corrected chi connectivity index (χ0v) is 11.4. The normalized spacial score (nSPS) is 22.2. The highest BCUT2D eigenvalue weighted by atomic mass is 15.2. The Morgan fingerprint density at radius 3 is 1.93 bits per heavy atom. The minimum Gasteiger partial charge on any atom is -0.298 e. The lowest BCUT2D eigenvalue weighted by Crippen LogP contribution is -2.41. The summed E-state index contributed by atoms with van der Waals surface area (Å²) in [5.74, 6) is 0. The van der Waals surface area contributed by atoms with Crippen molar-refractivity contribution in [3.8, 4) is 0 Å². The van der Waals surface area contributed by atoms with Gasteiger partial charge in [0.2, 0.25) is 0 Å². The van der Waals surface area contributed by atoms with Gasteiger partial charge in [-0.25, -0.2) is 0 Å². The molecular weight excluding hydrogens is 182 g/mol. The van der Waals surface area contributed by atoms with E-state index in [9.17, 15) is 0 Å². The largest absolute Gasteiger partial charge is 0.298 e. The van der Waals surface area contributed by atoms with Crippen LogP contribution in [0.3, 0.4) is 0 Å². The fourth-order valence-corrected chi connectivity index (χ4v) is 3.10. The molecule has 0 aliphatic carbocycles. The molecule has 90 valence electrons. The summed E-state index contributed by atoms with van der Waals surface area (Å²) in [6, 6.07) is 0. The molecule has 1 heteroatoms. The highest BCUT2D eigenvalue weighted by Gasteiger charge is 2.39. The van der Waals surface area contributed by atoms with E-state index in [4.69, 9.17) is 0 Å². The second kappa shape index (κ2) is 4.86. The van der Waals surface area contributed by atoms with Crippen LogP contribution in [0.15, 0.2) is 0 Å². The Balaban J connectivity index is 2.63. The third-order valence-electron chi connectivity index (χ3n) is 3.95. The summed E-state index contributed by atoms with van der Waals surface area (Å²) < 4.78 is 0. The summed E-state index contributed by atoms with van der Waals surface area (Å²) in [5, 5.41) is 0. The predicted octanol–water partition coefficient (Wildman–Crippen LogP) is 4.08. The van der Waals surface area contributed by atoms with Crippen LogP contribution in [0.5, 0.6) is 0 Å². The van der Waals surface area contributed by atoms with Crippen LogP contribution < -0.4 is 0 Å². The first-order valence-electron chi connectivity index (χ1n) is 6.68. The summed E-state index contributed by atoms with van der Waals surface area (Å²) in [7, 11) is 0. The van der Waals surface area contributed by atoms with Crippen LogP contribution in [0.4, 0.5) is 0 Å². The third kappa shape index (κ3) is 3.21. The van der Waals surface area contributed by atoms with E-state index in [1.54, 1.807) is 0 Å². The molecule has 0 aromatic rings. The summed E-state index contributed by atoms with van der Waals surface area (Å²) in [4.78, 5) is 2.68. The molecule has 1 heterocycles. The van der Waals surface area contributed by atoms with Crippen LogP contribution in [-0.4, -0.2) is 23.5 Å². The van der Waals surface area contributed by atoms with Crippen LogP contribution in [0.2, 0.25) is 0 Å². The Morgan fingerprint density at radius 2 is 1.60 bits per heavy atom. The molecule has 0 unspecified atom stereocenters. The van der Waals surface area contributed by atoms with E-state index < -0.39 is 0 Å². The molecule has 1 aliphatic rings. The quantitative estimate of drug-likeness (QED) is 0.677. The topological polar surface area (TPSA) is 3.24 Å². The zero-order valence-electron chi connectivity index (χ0n) is 11.4. The molecule has 1 nitrogen and oxygen atoms in total. The minimum absolute atomic E-state index is 0.364. The first-order chi connectivity index (χ1) is 6.93. The summed E-state index contributed by atoms with van der Waals surface area (Å²) in [6.45, 7) is 14.3. The first kappa shape index (κ1) is 13.0. The zero-order chi connectivity index (χ0) is 11.5. The van der Waals surface area contributed by atoms with Gasteiger partial charge in [-0.3, -0.25) is 4.90 Å². The molecule has 0 radical (unpaired) electrons. The molecule has 0 N–H and O–H groups in total. The van der Waals surface area contributed by atoms with Crippen LogP contribution >= 0.6 is 0 Å². The fraction of sp³-hybridized carbons (Fsp3) is 1.00. The Morgan fingerprint density at radius 1 is 1.07 bits per heavy atom. The van der Waals surface area contributed by atoms with E-state index >= 15 is 0 Å². The second-order valence-electron chi connectivity index (χ2n) is 6.34. The van der Waals surface area contributed by atoms with E-state index in [2.05, 4.69) is 39.5 Å². The van der Waals surface area contributed by atoms with Crippen molar-refractivity contribution in [1.29, 1.82) is 0 Å². The van der Waals surface area contributed by atoms with Crippen molar-refractivity contribution in [3.63, 3.8) is 0 Å². The van der Waals surface area contributed by atoms with Crippen LogP contribution in [0.25, 0.3) is 0 Å². The molecule has 1 saturated heterocycles. The molecule has 0 amide bonds. The SMILES string of the molecule is CCCC1(CCC)CCN(C(C)(C)C)C1. The van der Waals surface area contributed by atoms with Gasteiger partial charge in [0.05, 0.1) is 0 Å². The van der Waals surface area contributed by atoms with Crippen LogP contribution in [0.1, 0.15) is 66.7 Å². The van der Waals surface area contributed by atoms with Gasteiger partial charge in [0, 0.05) is 12.1 Å². The summed E-state index contributed by atoms with van der Waals surface area (Å²) >= 11 is 0. The van der Waals surface area contributed by atoms with Gasteiger partial charge in [-0.1, -0.05) is 26.7 Å². The maximum atomic E-state index is 2.68. The molecule has 0 bridgehead atoms. The van der Waals surface area contributed by atoms with Crippen molar-refractivity contribution < 1.29 is 0 Å². The highest BCUT2D eigenvalue weighted by Crippen LogP contribution is 2.41. The van der Waals surface area contributed by atoms with Gasteiger partial charge in [0.25, 0.3) is 0 Å². The molecule has 0 spiro atoms. The maximum absolute atomic E-state index is 2.68. The van der Waals surface area contributed by atoms with E-state index in [-0.39, 0.29) is 0 Å². The molecule has 0 aromatic carbocycles. The Bertz CT molecular complexity index is 184. The van der Waals surface area contributed by atoms with Crippen molar-refractivity contribution in [2.24, 2.45) is 5.41 Å². The van der Waals surface area contributed by atoms with E-state index in [0.29, 0.717) is 11.0 Å². The Hall–Kier alpha value is -0.0400. The number of rotatable bonds is 4. The lowest BCUT2D eigenvalue weighted by Gasteiger charge is -2.35. The lowest BCUT2D eigenvalue weighted by atomic mass is 9.78. The van der Waals surface area contributed by atoms with Crippen molar-refractivity contribution in [3.05, 3.63) is 0 Å². The second-order valence-corrected chi connectivity index (χ2v) is 6.34. The van der Waals surface area contributed by atoms with Gasteiger partial charge < -0.3 is 0 Å². The molecule has 1 rings (SSSR count). The molecule has 0 saturated carbocycles. The Kier molecular flexibility index (Phi) is 4.22. The molecule has 1 fully saturated rings. The van der Waals surface area contributed by atoms with Gasteiger partial charge in [-0.05, 0) is 52.0 Å². The highest BCUT2D eigenvalue weighted by molar-refractivity contribution is 4.93. The third-order valence-corrected chi connectivity index (χ3v) is 3.95. The summed E-state index contributed by atoms with van der Waals surface area (Å²) in [5.41, 5.74) is 1.01. The van der Waals surface area contributed by atoms with Crippen molar-refractivity contribution in [1.82, 2.24) is 4.90 Å². The number of likely N-dealkylation sites (tertiary alicyclic amines) is 1. The molecule has 0 atom stereocenters. The van der Waals surface area contributed by atoms with Crippen molar-refractivity contribution >= 4 is 0 Å². The van der Waals surface area contributed by atoms with Gasteiger partial charge in [-0.15, -0.1) is 0 Å². The van der Waals surface area contributed by atoms with Crippen molar-refractivity contribution in [2.45, 2.75) is 72.3 Å². The number of hydrogen-bond donors (Lipinski definition) is 0. The average Bonchev–Trinajstić information content (AvgIpc) is 2.50. The van der Waals surface area contributed by atoms with Gasteiger partial charge in [0.15, 0.2) is 0 Å². The standard InChI is InChI=1S/C14H29N/c1-6-8-14(9-7-2)10-11-15(12-14)13(3,4)5/h6-12H2,1-5H3. The van der Waals surface area contributed by atoms with Gasteiger partial charge in [-0.2, -0.15) is 0 Å². The predicted molar refractivity (Wildman–Crippen MR) is 68.2 cm³/mol. The monoisotopic (exact) mass is 211 g/mol. The number of nitrogens with zero attached hydrogens (tertiary/aromatic N) is 1. The van der Waals surface area contributed by atoms with E-state index in [1.165, 1.54) is 45.2 Å². The lowest BCUT2D eigenvalue weighted by molar-refractivity contribution is 0.138. The molecule has 15 heavy (non-hydrogen) atoms. The van der Waals surface area contributed by atoms with Gasteiger partial charge >= 0.3 is 0 Å². The average molecular weight is 211 g/mol. The Labute approximate surface area is 96.2 Å². The molecule has 0 aromatic heterocycles. The molecular formula is C14H29N. The fourth-order valence-electron chi connectivity index (χ4n) is 3.10. The van der Waals surface area contributed by atoms with Gasteiger partial charge in [0.1, 0.15) is 0 Å². The minimum atomic E-state index is 0.364. The summed E-state index contributed by atoms with van der Waals surface area (Å²) in [6.07, 6.45) is 6.96. The van der Waals surface area contributed by atoms with Crippen molar-refractivity contribution in [2.75, 3.05) is 13.1 Å². The van der Waals surface area contributed by atoms with Crippen LogP contribution in [-0.2, 0) is 0 Å². The van der Waals surface area contributed by atoms with Crippen LogP contribution in [0, 0.1) is 5.41 Å². The van der Waals surface area contributed by atoms with E-state index in [1.807, 2.05) is 0 Å². The first-order valence-corrected chi connectivity index (χ1v) is 6.68.